The molecule has 0 saturated heterocycles. The van der Waals surface area contributed by atoms with Crippen molar-refractivity contribution in [3.63, 3.8) is 0 Å². The average Bonchev–Trinajstić information content (AvgIpc) is 2.46. The maximum Gasteiger partial charge on any atom is 0.151 e. The number of rotatable bonds is 2. The number of nitrogens with one attached hydrogen (secondary N) is 1. The lowest BCUT2D eigenvalue weighted by Crippen LogP contribution is -2.37. The van der Waals surface area contributed by atoms with Crippen LogP contribution in [0, 0.1) is 5.82 Å². The van der Waals surface area contributed by atoms with E-state index in [1.54, 1.807) is 18.2 Å². The molecular formula is C15H13Cl2FN2O. The lowest BCUT2D eigenvalue weighted by atomic mass is 10.0. The molecule has 0 amide bonds. The molecule has 0 spiro atoms. The molecule has 0 aromatic heterocycles. The van der Waals surface area contributed by atoms with Crippen molar-refractivity contribution in [1.29, 1.82) is 0 Å². The minimum Gasteiger partial charge on any atom is -0.484 e. The van der Waals surface area contributed by atoms with E-state index in [0.29, 0.717) is 45.7 Å². The zero-order chi connectivity index (χ0) is 15.0. The van der Waals surface area contributed by atoms with Crippen LogP contribution in [0.5, 0.6) is 5.75 Å². The lowest BCUT2D eigenvalue weighted by molar-refractivity contribution is 0.215. The number of benzene rings is 2. The Morgan fingerprint density at radius 1 is 1.24 bits per heavy atom. The van der Waals surface area contributed by atoms with E-state index >= 15 is 0 Å². The van der Waals surface area contributed by atoms with Crippen LogP contribution in [-0.4, -0.2) is 19.2 Å². The molecule has 2 aromatic carbocycles. The zero-order valence-electron chi connectivity index (χ0n) is 11.0. The molecule has 110 valence electrons. The summed E-state index contributed by atoms with van der Waals surface area (Å²) < 4.78 is 19.7. The van der Waals surface area contributed by atoms with Crippen LogP contribution in [0.3, 0.4) is 0 Å². The van der Waals surface area contributed by atoms with Gasteiger partial charge < -0.3 is 15.8 Å². The van der Waals surface area contributed by atoms with Crippen LogP contribution >= 0.6 is 23.2 Å². The highest BCUT2D eigenvalue weighted by atomic mass is 35.5. The maximum atomic E-state index is 13.8. The molecule has 0 radical (unpaired) electrons. The third-order valence-corrected chi connectivity index (χ3v) is 3.89. The highest BCUT2D eigenvalue weighted by molar-refractivity contribution is 6.36. The van der Waals surface area contributed by atoms with E-state index in [0.717, 1.165) is 0 Å². The Morgan fingerprint density at radius 3 is 2.76 bits per heavy atom. The zero-order valence-corrected chi connectivity index (χ0v) is 12.5. The molecule has 3 rings (SSSR count). The fourth-order valence-electron chi connectivity index (χ4n) is 2.32. The van der Waals surface area contributed by atoms with Gasteiger partial charge >= 0.3 is 0 Å². The van der Waals surface area contributed by atoms with Crippen molar-refractivity contribution in [2.75, 3.05) is 18.4 Å². The van der Waals surface area contributed by atoms with Gasteiger partial charge in [-0.3, -0.25) is 0 Å². The summed E-state index contributed by atoms with van der Waals surface area (Å²) >= 11 is 12.1. The van der Waals surface area contributed by atoms with Gasteiger partial charge in [0.1, 0.15) is 11.9 Å². The van der Waals surface area contributed by atoms with Crippen LogP contribution in [0.2, 0.25) is 10.0 Å². The standard InChI is InChI=1S/C15H13Cl2FN2O/c16-8-1-2-11(13(17)3-8)12-4-9(18)5-14-15(12)21-10(6-19)7-20-14/h1-5,10,20H,6-7,19H2/t10-/m1/s1. The predicted octanol–water partition coefficient (Wildman–Crippen LogP) is 3.93. The summed E-state index contributed by atoms with van der Waals surface area (Å²) in [5.41, 5.74) is 7.49. The topological polar surface area (TPSA) is 47.3 Å². The maximum absolute atomic E-state index is 13.8. The van der Waals surface area contributed by atoms with Gasteiger partial charge in [-0.25, -0.2) is 4.39 Å². The summed E-state index contributed by atoms with van der Waals surface area (Å²) in [4.78, 5) is 0. The van der Waals surface area contributed by atoms with Crippen LogP contribution in [0.4, 0.5) is 10.1 Å². The summed E-state index contributed by atoms with van der Waals surface area (Å²) in [5, 5.41) is 4.09. The molecular weight excluding hydrogens is 314 g/mol. The summed E-state index contributed by atoms with van der Waals surface area (Å²) in [5.74, 6) is 0.194. The second-order valence-corrected chi connectivity index (χ2v) is 5.65. The van der Waals surface area contributed by atoms with Crippen LogP contribution in [0.1, 0.15) is 0 Å². The van der Waals surface area contributed by atoms with Crippen LogP contribution in [-0.2, 0) is 0 Å². The monoisotopic (exact) mass is 326 g/mol. The molecule has 3 N–H and O–H groups in total. The Bertz CT molecular complexity index is 694. The number of hydrogen-bond acceptors (Lipinski definition) is 3. The molecule has 0 unspecified atom stereocenters. The summed E-state index contributed by atoms with van der Waals surface area (Å²) in [7, 11) is 0. The molecule has 0 bridgehead atoms. The van der Waals surface area contributed by atoms with E-state index < -0.39 is 0 Å². The first-order valence-electron chi connectivity index (χ1n) is 6.48. The van der Waals surface area contributed by atoms with Crippen molar-refractivity contribution in [3.8, 4) is 16.9 Å². The van der Waals surface area contributed by atoms with E-state index in [9.17, 15) is 4.39 Å². The van der Waals surface area contributed by atoms with Gasteiger partial charge in [0.05, 0.1) is 17.3 Å². The van der Waals surface area contributed by atoms with Gasteiger partial charge in [0, 0.05) is 28.8 Å². The van der Waals surface area contributed by atoms with Gasteiger partial charge in [-0.15, -0.1) is 0 Å². The molecule has 2 aromatic rings. The number of fused-ring (bicyclic) bond motifs is 1. The smallest absolute Gasteiger partial charge is 0.151 e. The van der Waals surface area contributed by atoms with E-state index in [2.05, 4.69) is 5.32 Å². The number of ether oxygens (including phenoxy) is 1. The van der Waals surface area contributed by atoms with Gasteiger partial charge in [-0.05, 0) is 18.2 Å². The van der Waals surface area contributed by atoms with Crippen LogP contribution in [0.15, 0.2) is 30.3 Å². The molecule has 1 aliphatic heterocycles. The van der Waals surface area contributed by atoms with Crippen molar-refractivity contribution < 1.29 is 9.13 Å². The van der Waals surface area contributed by atoms with Gasteiger partial charge in [0.2, 0.25) is 0 Å². The van der Waals surface area contributed by atoms with Gasteiger partial charge in [0.15, 0.2) is 5.75 Å². The molecule has 1 heterocycles. The van der Waals surface area contributed by atoms with E-state index in [1.807, 2.05) is 0 Å². The lowest BCUT2D eigenvalue weighted by Gasteiger charge is -2.28. The highest BCUT2D eigenvalue weighted by Gasteiger charge is 2.23. The number of hydrogen-bond donors (Lipinski definition) is 2. The molecule has 21 heavy (non-hydrogen) atoms. The molecule has 0 fully saturated rings. The Balaban J connectivity index is 2.16. The molecule has 1 aliphatic rings. The van der Waals surface area contributed by atoms with Gasteiger partial charge in [-0.2, -0.15) is 0 Å². The van der Waals surface area contributed by atoms with Crippen LogP contribution < -0.4 is 15.8 Å². The Morgan fingerprint density at radius 2 is 2.05 bits per heavy atom. The summed E-state index contributed by atoms with van der Waals surface area (Å²) in [6.45, 7) is 0.915. The van der Waals surface area contributed by atoms with Crippen molar-refractivity contribution in [2.45, 2.75) is 6.10 Å². The Kier molecular flexibility index (Phi) is 3.93. The molecule has 6 heteroatoms. The Labute approximate surface area is 131 Å². The quantitative estimate of drug-likeness (QED) is 0.878. The minimum absolute atomic E-state index is 0.159. The number of anilines is 1. The molecule has 0 aliphatic carbocycles. The molecule has 3 nitrogen and oxygen atoms in total. The SMILES string of the molecule is NC[C@@H]1CNc2cc(F)cc(-c3ccc(Cl)cc3Cl)c2O1. The molecule has 1 atom stereocenters. The third kappa shape index (κ3) is 2.79. The van der Waals surface area contributed by atoms with E-state index in [4.69, 9.17) is 33.7 Å². The molecule has 0 saturated carbocycles. The normalized spacial score (nSPS) is 16.9. The minimum atomic E-state index is -0.364. The predicted molar refractivity (Wildman–Crippen MR) is 83.8 cm³/mol. The first-order chi connectivity index (χ1) is 10.1. The van der Waals surface area contributed by atoms with Crippen molar-refractivity contribution in [1.82, 2.24) is 0 Å². The summed E-state index contributed by atoms with van der Waals surface area (Å²) in [6.07, 6.45) is -0.159. The third-order valence-electron chi connectivity index (χ3n) is 3.34. The highest BCUT2D eigenvalue weighted by Crippen LogP contribution is 2.42. The van der Waals surface area contributed by atoms with E-state index in [-0.39, 0.29) is 11.9 Å². The Hall–Kier alpha value is -1.49. The first-order valence-corrected chi connectivity index (χ1v) is 7.23. The largest absolute Gasteiger partial charge is 0.484 e. The van der Waals surface area contributed by atoms with Crippen molar-refractivity contribution in [2.24, 2.45) is 5.73 Å². The van der Waals surface area contributed by atoms with Crippen LogP contribution in [0.25, 0.3) is 11.1 Å². The second kappa shape index (κ2) is 5.72. The fourth-order valence-corrected chi connectivity index (χ4v) is 2.83. The van der Waals surface area contributed by atoms with Gasteiger partial charge in [0.25, 0.3) is 0 Å². The summed E-state index contributed by atoms with van der Waals surface area (Å²) in [6, 6.07) is 7.86. The number of nitrogens with two attached hydrogens (primary N) is 1. The van der Waals surface area contributed by atoms with Gasteiger partial charge in [-0.1, -0.05) is 29.3 Å². The first kappa shape index (κ1) is 14.4. The van der Waals surface area contributed by atoms with Crippen molar-refractivity contribution >= 4 is 28.9 Å². The van der Waals surface area contributed by atoms with E-state index in [1.165, 1.54) is 12.1 Å². The fraction of sp³-hybridized carbons (Fsp3) is 0.200. The van der Waals surface area contributed by atoms with Crippen molar-refractivity contribution in [3.05, 3.63) is 46.2 Å². The second-order valence-electron chi connectivity index (χ2n) is 4.81. The average molecular weight is 327 g/mol. The number of halogens is 3.